The zero-order chi connectivity index (χ0) is 26.4. The summed E-state index contributed by atoms with van der Waals surface area (Å²) >= 11 is 0. The van der Waals surface area contributed by atoms with E-state index < -0.39 is 29.3 Å². The molecule has 2 amide bonds. The van der Waals surface area contributed by atoms with Gasteiger partial charge in [0.2, 0.25) is 5.91 Å². The Bertz CT molecular complexity index is 1310. The number of para-hydroxylation sites is 1. The molecule has 4 rings (SSSR count). The van der Waals surface area contributed by atoms with E-state index in [-0.39, 0.29) is 30.3 Å². The van der Waals surface area contributed by atoms with Gasteiger partial charge in [-0.1, -0.05) is 18.2 Å². The number of carbonyl (C=O) groups excluding carboxylic acids is 3. The van der Waals surface area contributed by atoms with Gasteiger partial charge in [-0.15, -0.1) is 0 Å². The average molecular weight is 505 g/mol. The maximum atomic E-state index is 12.5. The van der Waals surface area contributed by atoms with Gasteiger partial charge in [0.05, 0.1) is 29.7 Å². The van der Waals surface area contributed by atoms with Gasteiger partial charge in [0.25, 0.3) is 11.6 Å². The van der Waals surface area contributed by atoms with Gasteiger partial charge in [-0.05, 0) is 42.5 Å². The van der Waals surface area contributed by atoms with Crippen molar-refractivity contribution in [1.29, 1.82) is 0 Å². The van der Waals surface area contributed by atoms with Gasteiger partial charge in [-0.25, -0.2) is 0 Å². The summed E-state index contributed by atoms with van der Waals surface area (Å²) in [5.74, 6) is -0.984. The maximum Gasteiger partial charge on any atom is 0.311 e. The minimum absolute atomic E-state index is 0.00364. The van der Waals surface area contributed by atoms with Gasteiger partial charge in [0.15, 0.2) is 6.61 Å². The van der Waals surface area contributed by atoms with E-state index in [4.69, 9.17) is 14.2 Å². The number of nitro groups is 1. The highest BCUT2D eigenvalue weighted by molar-refractivity contribution is 6.01. The molecule has 11 heteroatoms. The summed E-state index contributed by atoms with van der Waals surface area (Å²) in [6.07, 6.45) is -0.122. The van der Waals surface area contributed by atoms with E-state index in [1.54, 1.807) is 24.3 Å². The summed E-state index contributed by atoms with van der Waals surface area (Å²) in [5.41, 5.74) is 0.618. The van der Waals surface area contributed by atoms with Crippen molar-refractivity contribution in [1.82, 2.24) is 0 Å². The second kappa shape index (κ2) is 11.2. The largest absolute Gasteiger partial charge is 0.494 e. The molecule has 1 N–H and O–H groups in total. The summed E-state index contributed by atoms with van der Waals surface area (Å²) in [6.45, 7) is -0.525. The smallest absolute Gasteiger partial charge is 0.311 e. The van der Waals surface area contributed by atoms with E-state index in [0.29, 0.717) is 22.9 Å². The highest BCUT2D eigenvalue weighted by Crippen LogP contribution is 2.36. The van der Waals surface area contributed by atoms with Gasteiger partial charge < -0.3 is 24.4 Å². The van der Waals surface area contributed by atoms with Crippen LogP contribution in [0, 0.1) is 16.0 Å². The van der Waals surface area contributed by atoms with Crippen LogP contribution in [-0.2, 0) is 19.1 Å². The second-order valence-electron chi connectivity index (χ2n) is 8.11. The molecule has 0 aromatic heterocycles. The predicted octanol–water partition coefficient (Wildman–Crippen LogP) is 3.93. The molecule has 1 heterocycles. The third-order valence-electron chi connectivity index (χ3n) is 5.59. The number of ether oxygens (including phenoxy) is 3. The van der Waals surface area contributed by atoms with Crippen molar-refractivity contribution in [3.05, 3.63) is 82.9 Å². The molecule has 0 radical (unpaired) electrons. The minimum atomic E-state index is -0.797. The summed E-state index contributed by atoms with van der Waals surface area (Å²) in [4.78, 5) is 49.1. The molecule has 190 valence electrons. The molecule has 11 nitrogen and oxygen atoms in total. The van der Waals surface area contributed by atoms with Crippen LogP contribution in [0.3, 0.4) is 0 Å². The first-order valence-electron chi connectivity index (χ1n) is 11.3. The number of hydrogen-bond acceptors (Lipinski definition) is 8. The Labute approximate surface area is 211 Å². The van der Waals surface area contributed by atoms with Crippen molar-refractivity contribution < 1.29 is 33.5 Å². The van der Waals surface area contributed by atoms with E-state index in [9.17, 15) is 24.5 Å². The van der Waals surface area contributed by atoms with Crippen LogP contribution in [0.25, 0.3) is 0 Å². The van der Waals surface area contributed by atoms with E-state index in [1.807, 2.05) is 30.3 Å². The molecule has 1 aliphatic rings. The number of nitro benzene ring substituents is 1. The number of nitrogens with one attached hydrogen (secondary N) is 1. The molecular formula is C26H23N3O8. The van der Waals surface area contributed by atoms with Gasteiger partial charge in [0.1, 0.15) is 17.2 Å². The van der Waals surface area contributed by atoms with Gasteiger partial charge >= 0.3 is 5.97 Å². The first kappa shape index (κ1) is 25.2. The maximum absolute atomic E-state index is 12.5. The Morgan fingerprint density at radius 1 is 1.05 bits per heavy atom. The topological polar surface area (TPSA) is 137 Å². The molecule has 0 unspecified atom stereocenters. The Hall–Kier alpha value is -4.93. The monoisotopic (exact) mass is 505 g/mol. The van der Waals surface area contributed by atoms with E-state index >= 15 is 0 Å². The Balaban J connectivity index is 1.28. The Morgan fingerprint density at radius 3 is 2.43 bits per heavy atom. The number of amides is 2. The standard InChI is InChI=1S/C26H23N3O8/c1-35-23-14-19(29(33)34)9-12-22(23)28-15-17(13-25(28)31)26(32)36-16-24(30)27-18-7-10-21(11-8-18)37-20-5-3-2-4-6-20/h2-12,14,17H,13,15-16H2,1H3,(H,27,30)/t17-/m1/s1. The number of carbonyl (C=O) groups is 3. The molecule has 1 saturated heterocycles. The van der Waals surface area contributed by atoms with Crippen LogP contribution < -0.4 is 19.7 Å². The van der Waals surface area contributed by atoms with Crippen LogP contribution in [0.2, 0.25) is 0 Å². The zero-order valence-electron chi connectivity index (χ0n) is 19.8. The number of rotatable bonds is 9. The molecule has 0 saturated carbocycles. The van der Waals surface area contributed by atoms with Crippen LogP contribution in [0.1, 0.15) is 6.42 Å². The second-order valence-corrected chi connectivity index (χ2v) is 8.11. The number of hydrogen-bond donors (Lipinski definition) is 1. The number of methoxy groups -OCH3 is 1. The Kier molecular flexibility index (Phi) is 7.62. The van der Waals surface area contributed by atoms with Crippen LogP contribution in [0.4, 0.5) is 17.1 Å². The fraction of sp³-hybridized carbons (Fsp3) is 0.192. The number of nitrogens with zero attached hydrogens (tertiary/aromatic N) is 2. The number of benzene rings is 3. The number of anilines is 2. The lowest BCUT2D eigenvalue weighted by molar-refractivity contribution is -0.384. The quantitative estimate of drug-likeness (QED) is 0.262. The molecule has 1 fully saturated rings. The average Bonchev–Trinajstić information content (AvgIpc) is 3.30. The lowest BCUT2D eigenvalue weighted by atomic mass is 10.1. The highest BCUT2D eigenvalue weighted by atomic mass is 16.6. The van der Waals surface area contributed by atoms with Crippen LogP contribution in [0.5, 0.6) is 17.2 Å². The summed E-state index contributed by atoms with van der Waals surface area (Å²) in [6, 6.07) is 19.8. The molecule has 37 heavy (non-hydrogen) atoms. The third-order valence-corrected chi connectivity index (χ3v) is 5.59. The lowest BCUT2D eigenvalue weighted by Crippen LogP contribution is -2.28. The fourth-order valence-electron chi connectivity index (χ4n) is 3.78. The van der Waals surface area contributed by atoms with Crippen LogP contribution in [-0.4, -0.2) is 43.0 Å². The highest BCUT2D eigenvalue weighted by Gasteiger charge is 2.37. The molecule has 1 aliphatic heterocycles. The number of non-ortho nitro benzene ring substituents is 1. The summed E-state index contributed by atoms with van der Waals surface area (Å²) in [5, 5.41) is 13.6. The third kappa shape index (κ3) is 6.20. The van der Waals surface area contributed by atoms with Crippen molar-refractivity contribution in [3.63, 3.8) is 0 Å². The van der Waals surface area contributed by atoms with Crippen molar-refractivity contribution >= 4 is 34.8 Å². The Morgan fingerprint density at radius 2 is 1.76 bits per heavy atom. The normalized spacial score (nSPS) is 14.7. The molecule has 1 atom stereocenters. The van der Waals surface area contributed by atoms with Crippen molar-refractivity contribution in [2.24, 2.45) is 5.92 Å². The first-order chi connectivity index (χ1) is 17.8. The molecule has 3 aromatic rings. The number of esters is 1. The molecule has 0 bridgehead atoms. The molecule has 0 spiro atoms. The lowest BCUT2D eigenvalue weighted by Gasteiger charge is -2.19. The van der Waals surface area contributed by atoms with Crippen LogP contribution in [0.15, 0.2) is 72.8 Å². The molecular weight excluding hydrogens is 482 g/mol. The van der Waals surface area contributed by atoms with E-state index in [0.717, 1.165) is 0 Å². The summed E-state index contributed by atoms with van der Waals surface area (Å²) in [7, 11) is 1.33. The SMILES string of the molecule is COc1cc([N+](=O)[O-])ccc1N1C[C@H](C(=O)OCC(=O)Nc2ccc(Oc3ccccc3)cc2)CC1=O. The van der Waals surface area contributed by atoms with Crippen molar-refractivity contribution in [2.75, 3.05) is 30.5 Å². The van der Waals surface area contributed by atoms with Gasteiger partial charge in [-0.2, -0.15) is 0 Å². The fourth-order valence-corrected chi connectivity index (χ4v) is 3.78. The molecule has 3 aromatic carbocycles. The minimum Gasteiger partial charge on any atom is -0.494 e. The van der Waals surface area contributed by atoms with Crippen molar-refractivity contribution in [3.8, 4) is 17.2 Å². The zero-order valence-corrected chi connectivity index (χ0v) is 19.8. The molecule has 0 aliphatic carbocycles. The van der Waals surface area contributed by atoms with Crippen molar-refractivity contribution in [2.45, 2.75) is 6.42 Å². The predicted molar refractivity (Wildman–Crippen MR) is 133 cm³/mol. The van der Waals surface area contributed by atoms with Gasteiger partial charge in [-0.3, -0.25) is 24.5 Å². The van der Waals surface area contributed by atoms with Crippen LogP contribution >= 0.6 is 0 Å². The van der Waals surface area contributed by atoms with E-state index in [1.165, 1.54) is 30.2 Å². The summed E-state index contributed by atoms with van der Waals surface area (Å²) < 4.78 is 16.0. The first-order valence-corrected chi connectivity index (χ1v) is 11.3. The van der Waals surface area contributed by atoms with Gasteiger partial charge in [0, 0.05) is 24.7 Å². The van der Waals surface area contributed by atoms with E-state index in [2.05, 4.69) is 5.32 Å².